The molecule has 2 nitrogen and oxygen atoms in total. The molecule has 2 aromatic carbocycles. The minimum Gasteiger partial charge on any atom is -0.252 e. The van der Waals surface area contributed by atoms with Crippen molar-refractivity contribution in [3.8, 4) is 0 Å². The zero-order valence-corrected chi connectivity index (χ0v) is 29.8. The Kier molecular flexibility index (Phi) is 22.5. The third-order valence-corrected chi connectivity index (χ3v) is 8.39. The van der Waals surface area contributed by atoms with Gasteiger partial charge in [-0.3, -0.25) is 9.98 Å². The van der Waals surface area contributed by atoms with E-state index in [0.29, 0.717) is 0 Å². The SMILES string of the molecule is CCCCCCCCC(=N\c1ccc(CCCCC)c(CCCCC)c1)/C(CCCCCC)=N/c1cc(C)cc(C)c1.[Ni]. The number of hydrogen-bond donors (Lipinski definition) is 0. The summed E-state index contributed by atoms with van der Waals surface area (Å²) in [7, 11) is 0. The van der Waals surface area contributed by atoms with E-state index in [1.807, 2.05) is 0 Å². The molecule has 0 radical (unpaired) electrons. The molecule has 0 N–H and O–H groups in total. The van der Waals surface area contributed by atoms with Gasteiger partial charge in [-0.1, -0.05) is 117 Å². The first-order chi connectivity index (χ1) is 20.5. The van der Waals surface area contributed by atoms with E-state index >= 15 is 0 Å². The van der Waals surface area contributed by atoms with E-state index in [1.54, 1.807) is 5.56 Å². The third-order valence-electron chi connectivity index (χ3n) is 8.39. The minimum atomic E-state index is 0. The van der Waals surface area contributed by atoms with Crippen molar-refractivity contribution in [1.29, 1.82) is 0 Å². The fourth-order valence-electron chi connectivity index (χ4n) is 5.94. The fraction of sp³-hybridized carbons (Fsp3) is 0.650. The van der Waals surface area contributed by atoms with Crippen molar-refractivity contribution in [2.24, 2.45) is 9.98 Å². The average molecular weight is 632 g/mol. The summed E-state index contributed by atoms with van der Waals surface area (Å²) in [6.07, 6.45) is 24.9. The van der Waals surface area contributed by atoms with E-state index in [4.69, 9.17) is 9.98 Å². The normalized spacial score (nSPS) is 12.0. The number of aryl methyl sites for hydroxylation is 4. The summed E-state index contributed by atoms with van der Waals surface area (Å²) in [6, 6.07) is 13.8. The Labute approximate surface area is 277 Å². The zero-order chi connectivity index (χ0) is 30.4. The smallest absolute Gasteiger partial charge is 0.0639 e. The van der Waals surface area contributed by atoms with Gasteiger partial charge < -0.3 is 0 Å². The van der Waals surface area contributed by atoms with Crippen molar-refractivity contribution in [2.75, 3.05) is 0 Å². The Balaban J connectivity index is 0.00000924. The summed E-state index contributed by atoms with van der Waals surface area (Å²) >= 11 is 0. The molecule has 0 aromatic heterocycles. The first-order valence-corrected chi connectivity index (χ1v) is 17.9. The van der Waals surface area contributed by atoms with Crippen LogP contribution < -0.4 is 0 Å². The van der Waals surface area contributed by atoms with Crippen molar-refractivity contribution < 1.29 is 16.5 Å². The molecule has 0 unspecified atom stereocenters. The van der Waals surface area contributed by atoms with Gasteiger partial charge in [0.25, 0.3) is 0 Å². The quantitative estimate of drug-likeness (QED) is 0.0662. The molecule has 43 heavy (non-hydrogen) atoms. The van der Waals surface area contributed by atoms with E-state index in [1.165, 1.54) is 144 Å². The number of hydrogen-bond acceptors (Lipinski definition) is 2. The van der Waals surface area contributed by atoms with Gasteiger partial charge in [-0.25, -0.2) is 0 Å². The Hall–Kier alpha value is -1.73. The second kappa shape index (κ2) is 24.6. The Morgan fingerprint density at radius 2 is 0.907 bits per heavy atom. The van der Waals surface area contributed by atoms with Crippen LogP contribution in [0.4, 0.5) is 11.4 Å². The molecule has 0 amide bonds. The molecule has 0 aliphatic rings. The third kappa shape index (κ3) is 16.8. The molecule has 0 heterocycles. The van der Waals surface area contributed by atoms with Gasteiger partial charge >= 0.3 is 0 Å². The summed E-state index contributed by atoms with van der Waals surface area (Å²) in [5.41, 5.74) is 10.3. The largest absolute Gasteiger partial charge is 0.252 e. The molecule has 0 aliphatic heterocycles. The molecule has 0 saturated carbocycles. The summed E-state index contributed by atoms with van der Waals surface area (Å²) < 4.78 is 0. The van der Waals surface area contributed by atoms with E-state index in [2.05, 4.69) is 77.9 Å². The van der Waals surface area contributed by atoms with Crippen LogP contribution in [-0.4, -0.2) is 11.4 Å². The molecule has 0 saturated heterocycles. The number of rotatable bonds is 23. The van der Waals surface area contributed by atoms with Crippen molar-refractivity contribution in [3.05, 3.63) is 58.7 Å². The van der Waals surface area contributed by atoms with E-state index < -0.39 is 0 Å². The van der Waals surface area contributed by atoms with Crippen LogP contribution in [0.1, 0.15) is 166 Å². The molecule has 244 valence electrons. The van der Waals surface area contributed by atoms with Crippen LogP contribution in [-0.2, 0) is 29.3 Å². The van der Waals surface area contributed by atoms with Gasteiger partial charge in [0.1, 0.15) is 0 Å². The monoisotopic (exact) mass is 630 g/mol. The molecular formula is C40H64N2Ni. The van der Waals surface area contributed by atoms with E-state index in [-0.39, 0.29) is 16.5 Å². The van der Waals surface area contributed by atoms with Gasteiger partial charge in [-0.05, 0) is 112 Å². The molecule has 3 heteroatoms. The van der Waals surface area contributed by atoms with Gasteiger partial charge in [0.15, 0.2) is 0 Å². The number of aliphatic imine (C=N–C) groups is 2. The number of nitrogens with zero attached hydrogens (tertiary/aromatic N) is 2. The predicted molar refractivity (Wildman–Crippen MR) is 190 cm³/mol. The average Bonchev–Trinajstić information content (AvgIpc) is 2.96. The van der Waals surface area contributed by atoms with Crippen molar-refractivity contribution in [1.82, 2.24) is 0 Å². The number of unbranched alkanes of at least 4 members (excludes halogenated alkanes) is 12. The topological polar surface area (TPSA) is 24.7 Å². The van der Waals surface area contributed by atoms with Crippen LogP contribution >= 0.6 is 0 Å². The molecule has 0 aliphatic carbocycles. The van der Waals surface area contributed by atoms with Crippen LogP contribution in [0.15, 0.2) is 46.4 Å². The maximum absolute atomic E-state index is 5.45. The van der Waals surface area contributed by atoms with Crippen LogP contribution in [0, 0.1) is 13.8 Å². The molecular weight excluding hydrogens is 567 g/mol. The maximum Gasteiger partial charge on any atom is 0.0639 e. The van der Waals surface area contributed by atoms with Crippen molar-refractivity contribution in [3.63, 3.8) is 0 Å². The maximum atomic E-state index is 5.45. The van der Waals surface area contributed by atoms with Gasteiger partial charge in [-0.2, -0.15) is 0 Å². The van der Waals surface area contributed by atoms with Crippen LogP contribution in [0.3, 0.4) is 0 Å². The first-order valence-electron chi connectivity index (χ1n) is 17.9. The summed E-state index contributed by atoms with van der Waals surface area (Å²) in [5, 5.41) is 0. The van der Waals surface area contributed by atoms with Crippen LogP contribution in [0.2, 0.25) is 0 Å². The first kappa shape index (κ1) is 39.3. The molecule has 0 spiro atoms. The minimum absolute atomic E-state index is 0. The van der Waals surface area contributed by atoms with E-state index in [9.17, 15) is 0 Å². The number of benzene rings is 2. The van der Waals surface area contributed by atoms with Crippen molar-refractivity contribution >= 4 is 22.8 Å². The Morgan fingerprint density at radius 3 is 1.47 bits per heavy atom. The summed E-state index contributed by atoms with van der Waals surface area (Å²) in [6.45, 7) is 13.5. The molecule has 0 atom stereocenters. The van der Waals surface area contributed by atoms with Crippen molar-refractivity contribution in [2.45, 2.75) is 170 Å². The Morgan fingerprint density at radius 1 is 0.465 bits per heavy atom. The van der Waals surface area contributed by atoms with Gasteiger partial charge in [-0.15, -0.1) is 0 Å². The summed E-state index contributed by atoms with van der Waals surface area (Å²) in [5.74, 6) is 0. The van der Waals surface area contributed by atoms with E-state index in [0.717, 1.165) is 24.2 Å². The molecule has 2 aromatic rings. The summed E-state index contributed by atoms with van der Waals surface area (Å²) in [4.78, 5) is 10.8. The standard InChI is InChI=1S/C40H64N2.Ni/c1-7-11-15-17-18-22-26-39(40(25-21-16-12-8-2)42-38-30-33(5)29-34(6)31-38)41-37-28-27-35(23-19-13-9-3)36(32-37)24-20-14-10-4;/h27-32H,7-26H2,1-6H3;/b41-39+,42-40+;. The van der Waals surface area contributed by atoms with Gasteiger partial charge in [0.2, 0.25) is 0 Å². The molecule has 2 rings (SSSR count). The molecule has 0 fully saturated rings. The Bertz CT molecular complexity index is 1050. The fourth-order valence-corrected chi connectivity index (χ4v) is 5.94. The second-order valence-corrected chi connectivity index (χ2v) is 12.7. The van der Waals surface area contributed by atoms with Crippen LogP contribution in [0.5, 0.6) is 0 Å². The second-order valence-electron chi connectivity index (χ2n) is 12.7. The predicted octanol–water partition coefficient (Wildman–Crippen LogP) is 13.3. The van der Waals surface area contributed by atoms with Gasteiger partial charge in [0.05, 0.1) is 22.8 Å². The van der Waals surface area contributed by atoms with Crippen LogP contribution in [0.25, 0.3) is 0 Å². The molecule has 0 bridgehead atoms. The zero-order valence-electron chi connectivity index (χ0n) is 28.8. The van der Waals surface area contributed by atoms with Gasteiger partial charge in [0, 0.05) is 16.5 Å².